The van der Waals surface area contributed by atoms with E-state index in [0.29, 0.717) is 22.8 Å². The maximum Gasteiger partial charge on any atom is 0.243 e. The van der Waals surface area contributed by atoms with Crippen molar-refractivity contribution < 1.29 is 22.4 Å². The highest BCUT2D eigenvalue weighted by atomic mass is 32.2. The maximum atomic E-state index is 12.8. The summed E-state index contributed by atoms with van der Waals surface area (Å²) in [5, 5.41) is 5.26. The van der Waals surface area contributed by atoms with E-state index in [0.717, 1.165) is 15.4 Å². The van der Waals surface area contributed by atoms with Gasteiger partial charge in [0.25, 0.3) is 0 Å². The van der Waals surface area contributed by atoms with Crippen molar-refractivity contribution in [1.29, 1.82) is 0 Å². The Morgan fingerprint density at radius 3 is 2.18 bits per heavy atom. The fraction of sp³-hybridized carbons (Fsp3) is 0.125. The predicted octanol–water partition coefficient (Wildman–Crippen LogP) is 3.71. The number of fused-ring (bicyclic) bond motifs is 1. The number of nitrogens with zero attached hydrogens (tertiary/aromatic N) is 2. The Morgan fingerprint density at radius 2 is 1.53 bits per heavy atom. The van der Waals surface area contributed by atoms with Gasteiger partial charge in [0.1, 0.15) is 5.52 Å². The van der Waals surface area contributed by atoms with E-state index in [4.69, 9.17) is 4.42 Å². The zero-order valence-corrected chi connectivity index (χ0v) is 19.3. The van der Waals surface area contributed by atoms with E-state index in [2.05, 4.69) is 15.6 Å². The number of anilines is 2. The summed E-state index contributed by atoms with van der Waals surface area (Å²) >= 11 is 0. The highest BCUT2D eigenvalue weighted by molar-refractivity contribution is 7.89. The number of sulfonamides is 1. The summed E-state index contributed by atoms with van der Waals surface area (Å²) in [4.78, 5) is 28.0. The van der Waals surface area contributed by atoms with Gasteiger partial charge in [0.05, 0.1) is 11.4 Å². The molecule has 0 spiro atoms. The van der Waals surface area contributed by atoms with Gasteiger partial charge in [-0.1, -0.05) is 12.1 Å². The van der Waals surface area contributed by atoms with Gasteiger partial charge < -0.3 is 15.1 Å². The topological polar surface area (TPSA) is 122 Å². The number of benzene rings is 3. The summed E-state index contributed by atoms with van der Waals surface area (Å²) in [7, 11) is -2.56. The lowest BCUT2D eigenvalue weighted by Gasteiger charge is -2.17. The fourth-order valence-electron chi connectivity index (χ4n) is 3.27. The molecule has 0 aliphatic rings. The van der Waals surface area contributed by atoms with Gasteiger partial charge in [-0.05, 0) is 60.7 Å². The molecule has 0 atom stereocenters. The third-order valence-electron chi connectivity index (χ3n) is 4.96. The lowest BCUT2D eigenvalue weighted by Crippen LogP contribution is -2.34. The molecule has 174 valence electrons. The number of hydrogen-bond donors (Lipinski definition) is 2. The number of carbonyl (C=O) groups is 2. The molecule has 1 heterocycles. The number of hydrogen-bond acceptors (Lipinski definition) is 6. The van der Waals surface area contributed by atoms with E-state index in [1.54, 1.807) is 24.3 Å². The second-order valence-corrected chi connectivity index (χ2v) is 9.62. The van der Waals surface area contributed by atoms with Crippen LogP contribution in [0.1, 0.15) is 6.92 Å². The first kappa shape index (κ1) is 23.1. The number of nitrogens with one attached hydrogen (secondary N) is 2. The summed E-state index contributed by atoms with van der Waals surface area (Å²) < 4.78 is 32.2. The van der Waals surface area contributed by atoms with Crippen LogP contribution in [-0.2, 0) is 19.6 Å². The van der Waals surface area contributed by atoms with Crippen LogP contribution in [0.4, 0.5) is 11.4 Å². The fourth-order valence-corrected chi connectivity index (χ4v) is 4.40. The molecule has 3 aromatic carbocycles. The number of likely N-dealkylation sites (N-methyl/N-ethyl adjacent to an activating group) is 1. The minimum absolute atomic E-state index is 0.0135. The largest absolute Gasteiger partial charge is 0.436 e. The number of para-hydroxylation sites is 2. The van der Waals surface area contributed by atoms with Crippen molar-refractivity contribution in [2.45, 2.75) is 11.8 Å². The molecule has 2 amide bonds. The van der Waals surface area contributed by atoms with Gasteiger partial charge in [0.15, 0.2) is 5.58 Å². The molecule has 9 nitrogen and oxygen atoms in total. The number of rotatable bonds is 7. The van der Waals surface area contributed by atoms with Crippen LogP contribution in [0, 0.1) is 0 Å². The molecule has 0 fully saturated rings. The summed E-state index contributed by atoms with van der Waals surface area (Å²) in [5.74, 6) is -0.281. The molecule has 0 aliphatic heterocycles. The first-order valence-electron chi connectivity index (χ1n) is 10.3. The van der Waals surface area contributed by atoms with Crippen LogP contribution < -0.4 is 10.6 Å². The van der Waals surface area contributed by atoms with Crippen molar-refractivity contribution in [1.82, 2.24) is 9.29 Å². The van der Waals surface area contributed by atoms with Crippen molar-refractivity contribution in [2.75, 3.05) is 24.2 Å². The zero-order valence-electron chi connectivity index (χ0n) is 18.5. The van der Waals surface area contributed by atoms with Crippen molar-refractivity contribution >= 4 is 44.3 Å². The molecule has 1 aromatic heterocycles. The Morgan fingerprint density at radius 1 is 0.912 bits per heavy atom. The molecule has 2 N–H and O–H groups in total. The van der Waals surface area contributed by atoms with E-state index >= 15 is 0 Å². The van der Waals surface area contributed by atoms with E-state index in [-0.39, 0.29) is 17.3 Å². The number of oxazole rings is 1. The molecular formula is C24H22N4O5S. The van der Waals surface area contributed by atoms with Crippen LogP contribution in [0.15, 0.2) is 82.1 Å². The highest BCUT2D eigenvalue weighted by Gasteiger charge is 2.23. The second kappa shape index (κ2) is 9.46. The summed E-state index contributed by atoms with van der Waals surface area (Å²) in [6.07, 6.45) is 0. The highest BCUT2D eigenvalue weighted by Crippen LogP contribution is 2.25. The van der Waals surface area contributed by atoms with Crippen molar-refractivity contribution in [2.24, 2.45) is 0 Å². The van der Waals surface area contributed by atoms with Crippen LogP contribution in [0.3, 0.4) is 0 Å². The molecule has 0 radical (unpaired) electrons. The summed E-state index contributed by atoms with van der Waals surface area (Å²) in [6, 6.07) is 20.1. The van der Waals surface area contributed by atoms with E-state index in [1.165, 1.54) is 38.2 Å². The lowest BCUT2D eigenvalue weighted by molar-refractivity contribution is -0.116. The quantitative estimate of drug-likeness (QED) is 0.418. The third kappa shape index (κ3) is 5.13. The monoisotopic (exact) mass is 478 g/mol. The lowest BCUT2D eigenvalue weighted by atomic mass is 10.2. The molecule has 10 heteroatoms. The third-order valence-corrected chi connectivity index (χ3v) is 6.78. The molecule has 0 bridgehead atoms. The van der Waals surface area contributed by atoms with Gasteiger partial charge in [0.2, 0.25) is 27.7 Å². The van der Waals surface area contributed by atoms with Crippen molar-refractivity contribution in [3.63, 3.8) is 0 Å². The Balaban J connectivity index is 1.39. The van der Waals surface area contributed by atoms with Gasteiger partial charge in [0, 0.05) is 30.9 Å². The Labute approximate surface area is 196 Å². The summed E-state index contributed by atoms with van der Waals surface area (Å²) in [6.45, 7) is 0.989. The van der Waals surface area contributed by atoms with Crippen LogP contribution in [0.2, 0.25) is 0 Å². The first-order valence-corrected chi connectivity index (χ1v) is 11.8. The van der Waals surface area contributed by atoms with Crippen LogP contribution >= 0.6 is 0 Å². The Kier molecular flexibility index (Phi) is 6.44. The van der Waals surface area contributed by atoms with Gasteiger partial charge in [-0.3, -0.25) is 9.59 Å². The number of carbonyl (C=O) groups excluding carboxylic acids is 2. The molecule has 34 heavy (non-hydrogen) atoms. The van der Waals surface area contributed by atoms with Crippen LogP contribution in [0.25, 0.3) is 22.6 Å². The average molecular weight is 479 g/mol. The second-order valence-electron chi connectivity index (χ2n) is 7.58. The van der Waals surface area contributed by atoms with E-state index < -0.39 is 15.9 Å². The van der Waals surface area contributed by atoms with Crippen LogP contribution in [0.5, 0.6) is 0 Å². The molecule has 0 saturated carbocycles. The first-order chi connectivity index (χ1) is 16.2. The minimum Gasteiger partial charge on any atom is -0.436 e. The molecule has 0 saturated heterocycles. The summed E-state index contributed by atoms with van der Waals surface area (Å²) in [5.41, 5.74) is 3.17. The molecule has 0 aliphatic carbocycles. The van der Waals surface area contributed by atoms with Crippen molar-refractivity contribution in [3.05, 3.63) is 72.8 Å². The van der Waals surface area contributed by atoms with Crippen LogP contribution in [-0.4, -0.2) is 43.1 Å². The molecular weight excluding hydrogens is 456 g/mol. The van der Waals surface area contributed by atoms with Gasteiger partial charge in [-0.2, -0.15) is 4.31 Å². The van der Waals surface area contributed by atoms with E-state index in [9.17, 15) is 18.0 Å². The Hall–Kier alpha value is -4.02. The normalized spacial score (nSPS) is 11.5. The van der Waals surface area contributed by atoms with Gasteiger partial charge >= 0.3 is 0 Å². The molecule has 4 rings (SSSR count). The Bertz CT molecular complexity index is 1410. The molecule has 0 unspecified atom stereocenters. The average Bonchev–Trinajstić information content (AvgIpc) is 3.24. The minimum atomic E-state index is -3.89. The SMILES string of the molecule is CC(=O)Nc1ccc(S(=O)(=O)N(C)CC(=O)Nc2ccc(-c3nc4ccccc4o3)cc2)cc1. The van der Waals surface area contributed by atoms with E-state index in [1.807, 2.05) is 24.3 Å². The predicted molar refractivity (Wildman–Crippen MR) is 129 cm³/mol. The van der Waals surface area contributed by atoms with Gasteiger partial charge in [-0.25, -0.2) is 13.4 Å². The number of amides is 2. The standard InChI is InChI=1S/C24H22N4O5S/c1-16(29)25-18-11-13-20(14-12-18)34(31,32)28(2)15-23(30)26-19-9-7-17(8-10-19)24-27-21-5-3-4-6-22(21)33-24/h3-14H,15H2,1-2H3,(H,25,29)(H,26,30). The zero-order chi connectivity index (χ0) is 24.3. The van der Waals surface area contributed by atoms with Gasteiger partial charge in [-0.15, -0.1) is 0 Å². The molecule has 4 aromatic rings. The number of aromatic nitrogens is 1. The smallest absolute Gasteiger partial charge is 0.243 e. The maximum absolute atomic E-state index is 12.8. The van der Waals surface area contributed by atoms with Crippen molar-refractivity contribution in [3.8, 4) is 11.5 Å².